The van der Waals surface area contributed by atoms with E-state index in [0.717, 1.165) is 5.57 Å². The number of aromatic amines is 1. The molecule has 0 aliphatic carbocycles. The van der Waals surface area contributed by atoms with E-state index >= 15 is 0 Å². The quantitative estimate of drug-likeness (QED) is 0.588. The summed E-state index contributed by atoms with van der Waals surface area (Å²) in [6.07, 6.45) is 1.85. The molecule has 2 aliphatic heterocycles. The third-order valence-corrected chi connectivity index (χ3v) is 4.13. The zero-order chi connectivity index (χ0) is 17.6. The molecule has 1 aromatic heterocycles. The molecule has 3 rings (SSSR count). The molecule has 9 nitrogen and oxygen atoms in total. The van der Waals surface area contributed by atoms with Crippen molar-refractivity contribution in [1.82, 2.24) is 9.88 Å². The van der Waals surface area contributed by atoms with E-state index in [1.165, 1.54) is 4.90 Å². The molecule has 0 saturated carbocycles. The average molecular weight is 338 g/mol. The third kappa shape index (κ3) is 2.46. The molecule has 2 aliphatic rings. The van der Waals surface area contributed by atoms with E-state index in [2.05, 4.69) is 4.98 Å². The monoisotopic (exact) mass is 338 g/mol. The maximum Gasteiger partial charge on any atom is 0.329 e. The molecule has 0 radical (unpaired) electrons. The maximum atomic E-state index is 12.5. The van der Waals surface area contributed by atoms with Gasteiger partial charge in [-0.1, -0.05) is 5.57 Å². The van der Waals surface area contributed by atoms with Crippen LogP contribution in [0.5, 0.6) is 17.5 Å². The molecule has 1 aromatic rings. The largest absolute Gasteiger partial charge is 0.494 e. The molecule has 0 aromatic carbocycles. The van der Waals surface area contributed by atoms with Gasteiger partial charge < -0.3 is 29.7 Å². The van der Waals surface area contributed by atoms with E-state index in [9.17, 15) is 19.8 Å². The van der Waals surface area contributed by atoms with Gasteiger partial charge in [-0.05, 0) is 19.9 Å². The fraction of sp³-hybridized carbons (Fsp3) is 0.467. The Kier molecular flexibility index (Phi) is 3.67. The molecule has 0 bridgehead atoms. The van der Waals surface area contributed by atoms with E-state index in [0.29, 0.717) is 5.56 Å². The van der Waals surface area contributed by atoms with Gasteiger partial charge in [0.05, 0.1) is 5.56 Å². The summed E-state index contributed by atoms with van der Waals surface area (Å²) in [5, 5.41) is 28.5. The molecule has 3 heterocycles. The van der Waals surface area contributed by atoms with Crippen LogP contribution in [-0.2, 0) is 14.3 Å². The smallest absolute Gasteiger partial charge is 0.329 e. The van der Waals surface area contributed by atoms with Gasteiger partial charge >= 0.3 is 5.97 Å². The van der Waals surface area contributed by atoms with Crippen molar-refractivity contribution in [1.29, 1.82) is 0 Å². The number of aromatic hydroxyl groups is 2. The van der Waals surface area contributed by atoms with Crippen molar-refractivity contribution in [3.8, 4) is 17.5 Å². The molecule has 0 fully saturated rings. The van der Waals surface area contributed by atoms with Crippen LogP contribution in [0.25, 0.3) is 0 Å². The minimum absolute atomic E-state index is 0.107. The first kappa shape index (κ1) is 16.2. The van der Waals surface area contributed by atoms with Crippen molar-refractivity contribution in [2.75, 3.05) is 19.8 Å². The summed E-state index contributed by atoms with van der Waals surface area (Å²) in [5.41, 5.74) is 0.221. The number of aliphatic carboxylic acids is 1. The lowest BCUT2D eigenvalue weighted by molar-refractivity contribution is -0.148. The highest BCUT2D eigenvalue weighted by molar-refractivity contribution is 5.80. The zero-order valence-electron chi connectivity index (χ0n) is 13.2. The Morgan fingerprint density at radius 2 is 2.12 bits per heavy atom. The lowest BCUT2D eigenvalue weighted by Crippen LogP contribution is -2.50. The number of carbonyl (C=O) groups excluding carboxylic acids is 1. The number of amides is 1. The van der Waals surface area contributed by atoms with Crippen molar-refractivity contribution in [2.45, 2.75) is 25.5 Å². The molecule has 0 unspecified atom stereocenters. The number of rotatable bonds is 4. The number of aromatic nitrogens is 1. The van der Waals surface area contributed by atoms with Crippen LogP contribution >= 0.6 is 0 Å². The van der Waals surface area contributed by atoms with Crippen LogP contribution < -0.4 is 4.74 Å². The topological polar surface area (TPSA) is 132 Å². The van der Waals surface area contributed by atoms with Crippen LogP contribution in [0.2, 0.25) is 0 Å². The number of H-pyrrole nitrogens is 1. The van der Waals surface area contributed by atoms with Crippen LogP contribution in [0.4, 0.5) is 0 Å². The average Bonchev–Trinajstić information content (AvgIpc) is 2.91. The predicted molar refractivity (Wildman–Crippen MR) is 79.8 cm³/mol. The minimum atomic E-state index is -1.16. The SMILES string of the molecule is CC1=C[C@]2(C)Oc3c(O)[nH]c(O)c3[C@@H]2N(C(=O)COCC(=O)O)C1. The van der Waals surface area contributed by atoms with E-state index in [-0.39, 0.29) is 24.1 Å². The number of carboxylic acids is 1. The lowest BCUT2D eigenvalue weighted by Gasteiger charge is -2.41. The molecular formula is C15H18N2O7. The van der Waals surface area contributed by atoms with Gasteiger partial charge in [0, 0.05) is 6.54 Å². The van der Waals surface area contributed by atoms with Crippen LogP contribution in [0.1, 0.15) is 25.5 Å². The normalized spacial score (nSPS) is 24.8. The summed E-state index contributed by atoms with van der Waals surface area (Å²) < 4.78 is 10.7. The number of fused-ring (bicyclic) bond motifs is 3. The lowest BCUT2D eigenvalue weighted by atomic mass is 9.86. The predicted octanol–water partition coefficient (Wildman–Crippen LogP) is 0.508. The van der Waals surface area contributed by atoms with Crippen molar-refractivity contribution < 1.29 is 34.4 Å². The van der Waals surface area contributed by atoms with Gasteiger partial charge in [-0.2, -0.15) is 0 Å². The molecule has 9 heteroatoms. The Bertz CT molecular complexity index is 738. The van der Waals surface area contributed by atoms with E-state index in [1.807, 2.05) is 13.0 Å². The van der Waals surface area contributed by atoms with Crippen molar-refractivity contribution in [3.05, 3.63) is 17.2 Å². The molecule has 4 N–H and O–H groups in total. The standard InChI is InChI=1S/C15H18N2O7/c1-7-3-15(2)12(10-11(24-15)14(22)16-13(10)21)17(4-7)8(18)5-23-6-9(19)20/h3,12,16,21-22H,4-6H2,1-2H3,(H,19,20)/t12-,15-/m0/s1. The summed E-state index contributed by atoms with van der Waals surface area (Å²) in [5.74, 6) is -2.07. The first-order valence-corrected chi connectivity index (χ1v) is 7.33. The van der Waals surface area contributed by atoms with Gasteiger partial charge in [0.25, 0.3) is 0 Å². The van der Waals surface area contributed by atoms with Gasteiger partial charge in [-0.3, -0.25) is 9.78 Å². The van der Waals surface area contributed by atoms with E-state index in [1.54, 1.807) is 6.92 Å². The van der Waals surface area contributed by atoms with Crippen LogP contribution in [0.3, 0.4) is 0 Å². The second-order valence-corrected chi connectivity index (χ2v) is 6.15. The molecule has 24 heavy (non-hydrogen) atoms. The van der Waals surface area contributed by atoms with Crippen molar-refractivity contribution in [3.63, 3.8) is 0 Å². The van der Waals surface area contributed by atoms with Gasteiger partial charge in [0.1, 0.15) is 24.9 Å². The second-order valence-electron chi connectivity index (χ2n) is 6.15. The van der Waals surface area contributed by atoms with Gasteiger partial charge in [0.2, 0.25) is 17.7 Å². The highest BCUT2D eigenvalue weighted by Crippen LogP contribution is 2.56. The van der Waals surface area contributed by atoms with Crippen molar-refractivity contribution >= 4 is 11.9 Å². The van der Waals surface area contributed by atoms with Gasteiger partial charge in [-0.25, -0.2) is 4.79 Å². The summed E-state index contributed by atoms with van der Waals surface area (Å²) >= 11 is 0. The fourth-order valence-electron chi connectivity index (χ4n) is 3.40. The number of ether oxygens (including phenoxy) is 2. The Morgan fingerprint density at radius 1 is 1.42 bits per heavy atom. The number of carboxylic acid groups (broad SMARTS) is 1. The second kappa shape index (κ2) is 5.45. The number of hydrogen-bond donors (Lipinski definition) is 4. The summed E-state index contributed by atoms with van der Waals surface area (Å²) in [6.45, 7) is 2.88. The van der Waals surface area contributed by atoms with Gasteiger partial charge in [-0.15, -0.1) is 0 Å². The van der Waals surface area contributed by atoms with E-state index in [4.69, 9.17) is 14.6 Å². The van der Waals surface area contributed by atoms with Crippen LogP contribution in [-0.4, -0.2) is 62.4 Å². The van der Waals surface area contributed by atoms with Crippen LogP contribution in [0, 0.1) is 0 Å². The third-order valence-electron chi connectivity index (χ3n) is 4.13. The maximum absolute atomic E-state index is 12.5. The summed E-state index contributed by atoms with van der Waals surface area (Å²) in [7, 11) is 0. The summed E-state index contributed by atoms with van der Waals surface area (Å²) in [4.78, 5) is 26.8. The highest BCUT2D eigenvalue weighted by atomic mass is 16.5. The minimum Gasteiger partial charge on any atom is -0.494 e. The zero-order valence-corrected chi connectivity index (χ0v) is 13.2. The first-order valence-electron chi connectivity index (χ1n) is 7.33. The Morgan fingerprint density at radius 3 is 2.79 bits per heavy atom. The molecular weight excluding hydrogens is 320 g/mol. The Labute approximate surface area is 137 Å². The van der Waals surface area contributed by atoms with Gasteiger partial charge in [0.15, 0.2) is 5.75 Å². The molecule has 130 valence electrons. The number of nitrogens with zero attached hydrogens (tertiary/aromatic N) is 1. The number of carbonyl (C=O) groups is 2. The Hall–Kier alpha value is -2.68. The molecule has 0 spiro atoms. The number of nitrogens with one attached hydrogen (secondary N) is 1. The van der Waals surface area contributed by atoms with Crippen LogP contribution in [0.15, 0.2) is 11.6 Å². The Balaban J connectivity index is 1.92. The van der Waals surface area contributed by atoms with E-state index < -0.39 is 36.7 Å². The molecule has 2 atom stereocenters. The molecule has 0 saturated heterocycles. The molecule has 1 amide bonds. The number of hydrogen-bond acceptors (Lipinski definition) is 6. The fourth-order valence-corrected chi connectivity index (χ4v) is 3.40. The summed E-state index contributed by atoms with van der Waals surface area (Å²) in [6, 6.07) is -0.658. The highest BCUT2D eigenvalue weighted by Gasteiger charge is 2.53. The van der Waals surface area contributed by atoms with Crippen molar-refractivity contribution in [2.24, 2.45) is 0 Å². The first-order chi connectivity index (χ1) is 11.2.